The fourth-order valence-corrected chi connectivity index (χ4v) is 3.54. The minimum absolute atomic E-state index is 0.0371. The Kier molecular flexibility index (Phi) is 10.3. The normalized spacial score (nSPS) is 12.1. The van der Waals surface area contributed by atoms with Crippen LogP contribution in [0.15, 0.2) is 35.2 Å². The average molecular weight is 525 g/mol. The van der Waals surface area contributed by atoms with Crippen molar-refractivity contribution in [3.05, 3.63) is 58.9 Å². The molecule has 0 spiro atoms. The fraction of sp³-hybridized carbons (Fsp3) is 0.333. The van der Waals surface area contributed by atoms with Gasteiger partial charge in [-0.3, -0.25) is 14.7 Å². The van der Waals surface area contributed by atoms with Crippen molar-refractivity contribution in [2.75, 3.05) is 13.2 Å². The molecule has 2 rings (SSSR count). The lowest BCUT2D eigenvalue weighted by atomic mass is 9.22. The van der Waals surface area contributed by atoms with Crippen LogP contribution in [0.5, 0.6) is 5.75 Å². The van der Waals surface area contributed by atoms with E-state index in [9.17, 15) is 22.8 Å². The Morgan fingerprint density at radius 1 is 1.00 bits per heavy atom. The largest absolute Gasteiger partial charge is 0.497 e. The highest BCUT2D eigenvalue weighted by atomic mass is 32.2. The van der Waals surface area contributed by atoms with E-state index >= 15 is 0 Å². The summed E-state index contributed by atoms with van der Waals surface area (Å²) in [4.78, 5) is 26.6. The Balaban J connectivity index is 2.51. The summed E-state index contributed by atoms with van der Waals surface area (Å²) >= 11 is 0.784. The van der Waals surface area contributed by atoms with Crippen molar-refractivity contribution in [2.45, 2.75) is 34.1 Å². The van der Waals surface area contributed by atoms with E-state index in [-0.39, 0.29) is 12.2 Å². The van der Waals surface area contributed by atoms with Crippen molar-refractivity contribution in [1.82, 2.24) is 4.90 Å². The van der Waals surface area contributed by atoms with Gasteiger partial charge in [-0.05, 0) is 31.0 Å². The standard InChI is InChI=1S/C21H16B7F3N2O4S/c1-2-36-16(34)9-33(8-10-3-4-12(38-32)7-13(10)30)18(35)20(24,25)37-15-6-11(29)5-14(31)17(15)19(22,23)21(26,27)28/h3-7H,2,8-9,32H2,1H3. The molecule has 0 aliphatic heterocycles. The first-order chi connectivity index (χ1) is 17.4. The van der Waals surface area contributed by atoms with Crippen molar-refractivity contribution in [3.63, 3.8) is 0 Å². The first-order valence-corrected chi connectivity index (χ1v) is 11.6. The summed E-state index contributed by atoms with van der Waals surface area (Å²) in [6.07, 6.45) is 0. The molecule has 0 bridgehead atoms. The summed E-state index contributed by atoms with van der Waals surface area (Å²) in [5, 5.41) is -2.60. The van der Waals surface area contributed by atoms with Crippen LogP contribution in [0.3, 0.4) is 0 Å². The molecule has 0 saturated carbocycles. The molecular formula is C21H16B7F3N2O4S. The molecule has 2 aromatic carbocycles. The number of rotatable bonds is 11. The molecule has 17 heteroatoms. The van der Waals surface area contributed by atoms with E-state index < -0.39 is 69.5 Å². The van der Waals surface area contributed by atoms with Crippen LogP contribution in [0.1, 0.15) is 18.1 Å². The lowest BCUT2D eigenvalue weighted by Gasteiger charge is -2.44. The summed E-state index contributed by atoms with van der Waals surface area (Å²) in [6.45, 7) is 0.186. The van der Waals surface area contributed by atoms with Crippen molar-refractivity contribution >= 4 is 78.7 Å². The van der Waals surface area contributed by atoms with Crippen molar-refractivity contribution in [2.24, 2.45) is 5.14 Å². The maximum Gasteiger partial charge on any atom is 0.325 e. The predicted octanol–water partition coefficient (Wildman–Crippen LogP) is 0.100. The molecule has 182 valence electrons. The Bertz CT molecular complexity index is 1200. The van der Waals surface area contributed by atoms with Crippen LogP contribution in [-0.4, -0.2) is 90.3 Å². The molecule has 2 aromatic rings. The number of esters is 1. The van der Waals surface area contributed by atoms with Gasteiger partial charge in [0.25, 0.3) is 0 Å². The van der Waals surface area contributed by atoms with E-state index in [1.165, 1.54) is 19.1 Å². The number of hydrogen-bond acceptors (Lipinski definition) is 6. The Labute approximate surface area is 232 Å². The molecule has 0 aliphatic rings. The van der Waals surface area contributed by atoms with E-state index in [1.54, 1.807) is 0 Å². The molecule has 38 heavy (non-hydrogen) atoms. The van der Waals surface area contributed by atoms with Crippen molar-refractivity contribution < 1.29 is 32.2 Å². The number of benzene rings is 2. The van der Waals surface area contributed by atoms with Crippen LogP contribution < -0.4 is 9.88 Å². The second kappa shape index (κ2) is 12.3. The monoisotopic (exact) mass is 526 g/mol. The number of nitrogens with zero attached hydrogens (tertiary/aromatic N) is 1. The lowest BCUT2D eigenvalue weighted by Crippen LogP contribution is -2.55. The molecule has 0 saturated heterocycles. The Morgan fingerprint density at radius 2 is 1.63 bits per heavy atom. The SMILES string of the molecule is [B]C([B])(Oc1cc(F)cc(F)c1C([B])([B])C([B])([B])[B])C(=O)N(CC(=O)OCC)Cc1ccc(SN)cc1F. The van der Waals surface area contributed by atoms with Gasteiger partial charge >= 0.3 is 5.97 Å². The highest BCUT2D eigenvalue weighted by molar-refractivity contribution is 7.97. The van der Waals surface area contributed by atoms with E-state index in [4.69, 9.17) is 69.5 Å². The number of nitrogens with two attached hydrogens (primary N) is 1. The number of amides is 1. The highest BCUT2D eigenvalue weighted by Crippen LogP contribution is 2.42. The van der Waals surface area contributed by atoms with Gasteiger partial charge < -0.3 is 14.4 Å². The number of carbonyl (C=O) groups is 2. The third-order valence-corrected chi connectivity index (χ3v) is 5.72. The highest BCUT2D eigenvalue weighted by Gasteiger charge is 2.40. The third-order valence-electron chi connectivity index (χ3n) is 5.20. The van der Waals surface area contributed by atoms with Gasteiger partial charge in [-0.15, -0.1) is 5.11 Å². The molecular weight excluding hydrogens is 509 g/mol. The third kappa shape index (κ3) is 7.43. The smallest absolute Gasteiger partial charge is 0.325 e. The molecule has 0 aromatic heterocycles. The van der Waals surface area contributed by atoms with Gasteiger partial charge in [0.05, 0.1) is 45.8 Å². The number of carbonyl (C=O) groups excluding carboxylic acids is 2. The summed E-state index contributed by atoms with van der Waals surface area (Å²) < 4.78 is 53.6. The van der Waals surface area contributed by atoms with Crippen LogP contribution in [0, 0.1) is 17.5 Å². The zero-order valence-corrected chi connectivity index (χ0v) is 21.1. The first-order valence-electron chi connectivity index (χ1n) is 10.7. The molecule has 0 heterocycles. The van der Waals surface area contributed by atoms with E-state index in [2.05, 4.69) is 0 Å². The van der Waals surface area contributed by atoms with Gasteiger partial charge in [-0.2, -0.15) is 0 Å². The lowest BCUT2D eigenvalue weighted by molar-refractivity contribution is -0.151. The molecule has 1 amide bonds. The summed E-state index contributed by atoms with van der Waals surface area (Å²) in [5.74, 6) is -6.47. The zero-order valence-electron chi connectivity index (χ0n) is 20.2. The maximum absolute atomic E-state index is 14.8. The van der Waals surface area contributed by atoms with E-state index in [0.717, 1.165) is 18.0 Å². The molecule has 6 nitrogen and oxygen atoms in total. The van der Waals surface area contributed by atoms with Crippen LogP contribution in [0.4, 0.5) is 13.2 Å². The van der Waals surface area contributed by atoms with Crippen LogP contribution >= 0.6 is 11.9 Å². The van der Waals surface area contributed by atoms with E-state index in [1.807, 2.05) is 0 Å². The van der Waals surface area contributed by atoms with Crippen LogP contribution in [0.25, 0.3) is 0 Å². The summed E-state index contributed by atoms with van der Waals surface area (Å²) in [6, 6.07) is 4.81. The second-order valence-electron chi connectivity index (χ2n) is 8.30. The van der Waals surface area contributed by atoms with Crippen LogP contribution in [0.2, 0.25) is 5.11 Å². The molecule has 2 N–H and O–H groups in total. The molecule has 0 unspecified atom stereocenters. The first kappa shape index (κ1) is 31.9. The zero-order chi connectivity index (χ0) is 29.1. The molecule has 14 radical (unpaired) electrons. The minimum atomic E-state index is -2.93. The summed E-state index contributed by atoms with van der Waals surface area (Å²) in [5.41, 5.74) is -0.923. The predicted molar refractivity (Wildman–Crippen MR) is 143 cm³/mol. The number of ether oxygens (including phenoxy) is 2. The quantitative estimate of drug-likeness (QED) is 0.255. The number of hydrogen-bond donors (Lipinski definition) is 1. The van der Waals surface area contributed by atoms with Gasteiger partial charge in [-0.1, -0.05) is 11.3 Å². The molecule has 0 fully saturated rings. The van der Waals surface area contributed by atoms with Crippen LogP contribution in [-0.2, 0) is 26.1 Å². The van der Waals surface area contributed by atoms with Gasteiger partial charge in [-0.25, -0.2) is 13.2 Å². The molecule has 0 aliphatic carbocycles. The van der Waals surface area contributed by atoms with E-state index in [0.29, 0.717) is 21.9 Å². The maximum atomic E-state index is 14.8. The van der Waals surface area contributed by atoms with Gasteiger partial charge in [0.2, 0.25) is 5.91 Å². The van der Waals surface area contributed by atoms with Gasteiger partial charge in [0.15, 0.2) is 0 Å². The number of halogens is 3. The average Bonchev–Trinajstić information content (AvgIpc) is 2.77. The Morgan fingerprint density at radius 3 is 2.16 bits per heavy atom. The van der Waals surface area contributed by atoms with Gasteiger partial charge in [0, 0.05) is 34.7 Å². The summed E-state index contributed by atoms with van der Waals surface area (Å²) in [7, 11) is 40.1. The molecule has 0 atom stereocenters. The van der Waals surface area contributed by atoms with Gasteiger partial charge in [0.1, 0.15) is 50.8 Å². The minimum Gasteiger partial charge on any atom is -0.497 e. The van der Waals surface area contributed by atoms with Crippen molar-refractivity contribution in [3.8, 4) is 5.75 Å². The van der Waals surface area contributed by atoms with Crippen molar-refractivity contribution in [1.29, 1.82) is 0 Å². The fourth-order valence-electron chi connectivity index (χ4n) is 3.22. The second-order valence-corrected chi connectivity index (χ2v) is 9.00. The topological polar surface area (TPSA) is 81.9 Å². The Hall–Kier alpha value is -2.27.